The highest BCUT2D eigenvalue weighted by molar-refractivity contribution is 7.98. The topological polar surface area (TPSA) is 32.3 Å². The Bertz CT molecular complexity index is 290. The largest absolute Gasteiger partial charge is 0.277 e. The summed E-state index contributed by atoms with van der Waals surface area (Å²) in [6.07, 6.45) is 0.763. The van der Waals surface area contributed by atoms with Gasteiger partial charge in [-0.3, -0.25) is 4.79 Å². The van der Waals surface area contributed by atoms with Crippen molar-refractivity contribution >= 4 is 24.0 Å². The Morgan fingerprint density at radius 2 is 2.27 bits per heavy atom. The average molecular weight is 166 g/mol. The van der Waals surface area contributed by atoms with Gasteiger partial charge in [-0.15, -0.1) is 0 Å². The van der Waals surface area contributed by atoms with E-state index in [4.69, 9.17) is 0 Å². The summed E-state index contributed by atoms with van der Waals surface area (Å²) in [7, 11) is 0. The number of carbonyl (C=O) groups excluding carboxylic acids is 1. The molecule has 0 radical (unpaired) electrons. The molecule has 0 saturated heterocycles. The van der Waals surface area contributed by atoms with Gasteiger partial charge in [0.05, 0.1) is 5.69 Å². The van der Waals surface area contributed by atoms with Crippen molar-refractivity contribution in [2.45, 2.75) is 4.90 Å². The summed E-state index contributed by atoms with van der Waals surface area (Å²) in [5, 5.41) is 1.46. The third kappa shape index (κ3) is 1.00. The molecule has 1 heterocycles. The summed E-state index contributed by atoms with van der Waals surface area (Å²) in [5.41, 5.74) is 0.924. The standard InChI is InChI=1S/C7H6N2OS/c10-5-9-6-3-1-2-4-7(6)11-8-9/h1-5,8H. The number of amides is 1. The zero-order chi connectivity index (χ0) is 7.68. The molecule has 11 heavy (non-hydrogen) atoms. The van der Waals surface area contributed by atoms with Crippen LogP contribution in [0.25, 0.3) is 0 Å². The Labute approximate surface area is 68.5 Å². The van der Waals surface area contributed by atoms with Gasteiger partial charge in [-0.25, -0.2) is 5.01 Å². The highest BCUT2D eigenvalue weighted by atomic mass is 32.2. The second-order valence-corrected chi connectivity index (χ2v) is 2.96. The summed E-state index contributed by atoms with van der Waals surface area (Å²) < 4.78 is 0. The van der Waals surface area contributed by atoms with E-state index in [0.29, 0.717) is 0 Å². The minimum absolute atomic E-state index is 0.763. The fourth-order valence-electron chi connectivity index (χ4n) is 0.968. The Kier molecular flexibility index (Phi) is 1.56. The number of hydrogen-bond acceptors (Lipinski definition) is 3. The second kappa shape index (κ2) is 2.56. The minimum atomic E-state index is 0.763. The van der Waals surface area contributed by atoms with Crippen LogP contribution in [-0.2, 0) is 4.79 Å². The smallest absolute Gasteiger partial charge is 0.229 e. The number of nitrogens with zero attached hydrogens (tertiary/aromatic N) is 1. The van der Waals surface area contributed by atoms with Crippen molar-refractivity contribution in [3.63, 3.8) is 0 Å². The first-order valence-electron chi connectivity index (χ1n) is 3.18. The first-order valence-corrected chi connectivity index (χ1v) is 3.99. The maximum absolute atomic E-state index is 10.4. The molecule has 4 heteroatoms. The minimum Gasteiger partial charge on any atom is -0.277 e. The number of hydrazine groups is 1. The monoisotopic (exact) mass is 166 g/mol. The molecular formula is C7H6N2OS. The van der Waals surface area contributed by atoms with Gasteiger partial charge < -0.3 is 0 Å². The van der Waals surface area contributed by atoms with Crippen LogP contribution in [0, 0.1) is 0 Å². The zero-order valence-electron chi connectivity index (χ0n) is 5.65. The lowest BCUT2D eigenvalue weighted by Gasteiger charge is -2.06. The summed E-state index contributed by atoms with van der Waals surface area (Å²) in [4.78, 5) is 14.4. The Balaban J connectivity index is 2.46. The van der Waals surface area contributed by atoms with Crippen LogP contribution in [0.15, 0.2) is 29.2 Å². The molecule has 0 fully saturated rings. The van der Waals surface area contributed by atoms with Gasteiger partial charge in [0.25, 0.3) is 0 Å². The molecule has 1 aromatic carbocycles. The first-order chi connectivity index (χ1) is 5.42. The van der Waals surface area contributed by atoms with Crippen molar-refractivity contribution in [3.05, 3.63) is 24.3 Å². The van der Waals surface area contributed by atoms with Gasteiger partial charge in [-0.05, 0) is 24.1 Å². The van der Waals surface area contributed by atoms with E-state index in [0.717, 1.165) is 17.0 Å². The number of hydrogen-bond donors (Lipinski definition) is 1. The molecule has 0 unspecified atom stereocenters. The average Bonchev–Trinajstić information content (AvgIpc) is 2.47. The molecule has 1 aliphatic rings. The van der Waals surface area contributed by atoms with Crippen molar-refractivity contribution in [3.8, 4) is 0 Å². The Morgan fingerprint density at radius 1 is 1.45 bits per heavy atom. The number of fused-ring (bicyclic) bond motifs is 1. The van der Waals surface area contributed by atoms with Crippen LogP contribution >= 0.6 is 11.9 Å². The SMILES string of the molecule is O=CN1NSc2ccccc21. The molecule has 0 aromatic heterocycles. The van der Waals surface area contributed by atoms with Gasteiger partial charge in [-0.2, -0.15) is 4.83 Å². The van der Waals surface area contributed by atoms with E-state index in [1.807, 2.05) is 24.3 Å². The maximum Gasteiger partial charge on any atom is 0.229 e. The Morgan fingerprint density at radius 3 is 3.09 bits per heavy atom. The van der Waals surface area contributed by atoms with Crippen LogP contribution in [0.1, 0.15) is 0 Å². The van der Waals surface area contributed by atoms with Crippen LogP contribution in [0.4, 0.5) is 5.69 Å². The zero-order valence-corrected chi connectivity index (χ0v) is 6.47. The highest BCUT2D eigenvalue weighted by Gasteiger charge is 2.17. The predicted molar refractivity (Wildman–Crippen MR) is 44.0 cm³/mol. The van der Waals surface area contributed by atoms with Gasteiger partial charge in [0.2, 0.25) is 6.41 Å². The molecule has 0 spiro atoms. The molecule has 0 aliphatic carbocycles. The van der Waals surface area contributed by atoms with Crippen molar-refractivity contribution in [1.29, 1.82) is 0 Å². The van der Waals surface area contributed by atoms with Crippen LogP contribution in [0.5, 0.6) is 0 Å². The lowest BCUT2D eigenvalue weighted by Crippen LogP contribution is -2.26. The van der Waals surface area contributed by atoms with E-state index in [9.17, 15) is 4.79 Å². The first kappa shape index (κ1) is 6.69. The molecule has 1 amide bonds. The highest BCUT2D eigenvalue weighted by Crippen LogP contribution is 2.32. The molecule has 56 valence electrons. The number of carbonyl (C=O) groups is 1. The normalized spacial score (nSPS) is 14.7. The van der Waals surface area contributed by atoms with E-state index < -0.39 is 0 Å². The summed E-state index contributed by atoms with van der Waals surface area (Å²) in [6.45, 7) is 0. The molecular weight excluding hydrogens is 160 g/mol. The summed E-state index contributed by atoms with van der Waals surface area (Å²) >= 11 is 1.45. The van der Waals surface area contributed by atoms with Gasteiger partial charge in [0, 0.05) is 4.90 Å². The number of anilines is 1. The predicted octanol–water partition coefficient (Wildman–Crippen LogP) is 1.17. The lowest BCUT2D eigenvalue weighted by atomic mass is 10.3. The van der Waals surface area contributed by atoms with Crippen LogP contribution < -0.4 is 9.84 Å². The van der Waals surface area contributed by atoms with Crippen LogP contribution in [0.3, 0.4) is 0 Å². The third-order valence-corrected chi connectivity index (χ3v) is 2.34. The molecule has 1 aliphatic heterocycles. The van der Waals surface area contributed by atoms with E-state index >= 15 is 0 Å². The number of benzene rings is 1. The quantitative estimate of drug-likeness (QED) is 0.502. The lowest BCUT2D eigenvalue weighted by molar-refractivity contribution is -0.107. The molecule has 0 bridgehead atoms. The second-order valence-electron chi connectivity index (χ2n) is 2.14. The molecule has 1 N–H and O–H groups in total. The van der Waals surface area contributed by atoms with Crippen LogP contribution in [0.2, 0.25) is 0 Å². The maximum atomic E-state index is 10.4. The van der Waals surface area contributed by atoms with Gasteiger partial charge in [0.15, 0.2) is 0 Å². The summed E-state index contributed by atoms with van der Waals surface area (Å²) in [5.74, 6) is 0. The van der Waals surface area contributed by atoms with Crippen molar-refractivity contribution in [1.82, 2.24) is 4.83 Å². The third-order valence-electron chi connectivity index (χ3n) is 1.48. The molecule has 2 rings (SSSR count). The molecule has 1 aromatic rings. The van der Waals surface area contributed by atoms with Gasteiger partial charge >= 0.3 is 0 Å². The van der Waals surface area contributed by atoms with E-state index in [2.05, 4.69) is 4.83 Å². The Hall–Kier alpha value is -1.00. The van der Waals surface area contributed by atoms with Gasteiger partial charge in [0.1, 0.15) is 0 Å². The van der Waals surface area contributed by atoms with E-state index in [1.165, 1.54) is 17.0 Å². The van der Waals surface area contributed by atoms with Crippen molar-refractivity contribution in [2.75, 3.05) is 5.01 Å². The number of rotatable bonds is 1. The number of nitrogens with one attached hydrogen (secondary N) is 1. The summed E-state index contributed by atoms with van der Waals surface area (Å²) in [6, 6.07) is 7.72. The van der Waals surface area contributed by atoms with E-state index in [1.54, 1.807) is 0 Å². The van der Waals surface area contributed by atoms with Gasteiger partial charge in [-0.1, -0.05) is 12.1 Å². The van der Waals surface area contributed by atoms with Crippen LogP contribution in [-0.4, -0.2) is 6.41 Å². The van der Waals surface area contributed by atoms with Crippen molar-refractivity contribution in [2.24, 2.45) is 0 Å². The molecule has 3 nitrogen and oxygen atoms in total. The fourth-order valence-corrected chi connectivity index (χ4v) is 1.72. The molecule has 0 atom stereocenters. The van der Waals surface area contributed by atoms with Crippen molar-refractivity contribution < 1.29 is 4.79 Å². The fraction of sp³-hybridized carbons (Fsp3) is 0. The van der Waals surface area contributed by atoms with E-state index in [-0.39, 0.29) is 0 Å². The number of para-hydroxylation sites is 1. The molecule has 0 saturated carbocycles.